The van der Waals surface area contributed by atoms with Crippen LogP contribution in [0.5, 0.6) is 5.75 Å². The molecule has 0 fully saturated rings. The van der Waals surface area contributed by atoms with Crippen molar-refractivity contribution in [3.8, 4) is 5.75 Å². The maximum Gasteiger partial charge on any atom is 0.341 e. The van der Waals surface area contributed by atoms with Gasteiger partial charge in [0.15, 0.2) is 6.61 Å². The van der Waals surface area contributed by atoms with Gasteiger partial charge in [0.25, 0.3) is 0 Å². The molecule has 0 aliphatic heterocycles. The van der Waals surface area contributed by atoms with Crippen molar-refractivity contribution in [2.45, 2.75) is 19.3 Å². The first-order chi connectivity index (χ1) is 11.7. The summed E-state index contributed by atoms with van der Waals surface area (Å²) in [7, 11) is 1.70. The summed E-state index contributed by atoms with van der Waals surface area (Å²) in [5, 5.41) is 9.20. The molecule has 1 N–H and O–H groups in total. The van der Waals surface area contributed by atoms with E-state index >= 15 is 0 Å². The molecule has 0 aliphatic carbocycles. The van der Waals surface area contributed by atoms with Gasteiger partial charge in [-0.15, -0.1) is 0 Å². The van der Waals surface area contributed by atoms with Crippen LogP contribution in [0.25, 0.3) is 0 Å². The Bertz CT molecular complexity index is 771. The zero-order chi connectivity index (χ0) is 18.6. The smallest absolute Gasteiger partial charge is 0.341 e. The van der Waals surface area contributed by atoms with Gasteiger partial charge in [-0.2, -0.15) is 0 Å². The monoisotopic (exact) mass is 361 g/mol. The highest BCUT2D eigenvalue weighted by molar-refractivity contribution is 6.30. The Morgan fingerprint density at radius 3 is 2.36 bits per heavy atom. The van der Waals surface area contributed by atoms with Crippen LogP contribution in [0.2, 0.25) is 5.02 Å². The number of carboxylic acid groups (broad SMARTS) is 1. The second-order valence-electron chi connectivity index (χ2n) is 6.18. The van der Waals surface area contributed by atoms with Crippen LogP contribution in [-0.2, 0) is 15.0 Å². The summed E-state index contributed by atoms with van der Waals surface area (Å²) in [4.78, 5) is 25.0. The predicted molar refractivity (Wildman–Crippen MR) is 97.5 cm³/mol. The van der Waals surface area contributed by atoms with Gasteiger partial charge in [0.05, 0.1) is 5.41 Å². The van der Waals surface area contributed by atoms with Gasteiger partial charge < -0.3 is 14.7 Å². The zero-order valence-electron chi connectivity index (χ0n) is 14.3. The number of anilines is 1. The molecule has 2 aromatic rings. The van der Waals surface area contributed by atoms with Crippen LogP contribution in [0.1, 0.15) is 19.4 Å². The standard InChI is InChI=1S/C19H20ClNO4/c1-19(2,13-5-4-6-14(20)11-13)18(24)21(3)15-7-9-16(10-8-15)25-12-17(22)23/h4-11H,12H2,1-3H3,(H,22,23). The van der Waals surface area contributed by atoms with Crippen molar-refractivity contribution < 1.29 is 19.4 Å². The summed E-state index contributed by atoms with van der Waals surface area (Å²) in [5.41, 5.74) is 0.763. The van der Waals surface area contributed by atoms with Gasteiger partial charge in [-0.1, -0.05) is 23.7 Å². The number of rotatable bonds is 6. The van der Waals surface area contributed by atoms with Crippen LogP contribution in [0.3, 0.4) is 0 Å². The van der Waals surface area contributed by atoms with Gasteiger partial charge >= 0.3 is 5.97 Å². The number of aliphatic carboxylic acids is 1. The lowest BCUT2D eigenvalue weighted by atomic mass is 9.83. The third-order valence-electron chi connectivity index (χ3n) is 3.97. The molecule has 0 saturated carbocycles. The van der Waals surface area contributed by atoms with Gasteiger partial charge in [0.1, 0.15) is 5.75 Å². The quantitative estimate of drug-likeness (QED) is 0.851. The number of ether oxygens (including phenoxy) is 1. The Labute approximate surface area is 151 Å². The van der Waals surface area contributed by atoms with Gasteiger partial charge in [-0.3, -0.25) is 4.79 Å². The van der Waals surface area contributed by atoms with Crippen LogP contribution >= 0.6 is 11.6 Å². The number of nitrogens with zero attached hydrogens (tertiary/aromatic N) is 1. The third kappa shape index (κ3) is 4.51. The largest absolute Gasteiger partial charge is 0.482 e. The Balaban J connectivity index is 2.17. The number of likely N-dealkylation sites (N-methyl/N-ethyl adjacent to an activating group) is 1. The van der Waals surface area contributed by atoms with Crippen LogP contribution in [0.4, 0.5) is 5.69 Å². The molecule has 132 valence electrons. The van der Waals surface area contributed by atoms with Gasteiger partial charge in [0, 0.05) is 17.8 Å². The maximum absolute atomic E-state index is 13.0. The van der Waals surface area contributed by atoms with E-state index in [4.69, 9.17) is 21.4 Å². The minimum absolute atomic E-state index is 0.0889. The normalized spacial score (nSPS) is 11.0. The number of amides is 1. The van der Waals surface area contributed by atoms with Gasteiger partial charge in [-0.05, 0) is 55.8 Å². The molecule has 2 aromatic carbocycles. The van der Waals surface area contributed by atoms with E-state index in [9.17, 15) is 9.59 Å². The fourth-order valence-electron chi connectivity index (χ4n) is 2.45. The zero-order valence-corrected chi connectivity index (χ0v) is 15.1. The molecule has 0 aliphatic rings. The first-order valence-corrected chi connectivity index (χ1v) is 8.08. The Hall–Kier alpha value is -2.53. The second-order valence-corrected chi connectivity index (χ2v) is 6.61. The van der Waals surface area contributed by atoms with Gasteiger partial charge in [-0.25, -0.2) is 4.79 Å². The molecule has 0 unspecified atom stereocenters. The van der Waals surface area contributed by atoms with Gasteiger partial charge in [0.2, 0.25) is 5.91 Å². The Kier molecular flexibility index (Phi) is 5.69. The average Bonchev–Trinajstić information content (AvgIpc) is 2.59. The highest BCUT2D eigenvalue weighted by atomic mass is 35.5. The van der Waals surface area contributed by atoms with Crippen LogP contribution in [0, 0.1) is 0 Å². The molecular formula is C19H20ClNO4. The predicted octanol–water partition coefficient (Wildman–Crippen LogP) is 3.74. The molecule has 1 amide bonds. The number of carbonyl (C=O) groups excluding carboxylic acids is 1. The minimum Gasteiger partial charge on any atom is -0.482 e. The number of benzene rings is 2. The molecule has 0 spiro atoms. The topological polar surface area (TPSA) is 66.8 Å². The number of hydrogen-bond acceptors (Lipinski definition) is 3. The Morgan fingerprint density at radius 1 is 1.16 bits per heavy atom. The van der Waals surface area contributed by atoms with E-state index in [0.29, 0.717) is 16.5 Å². The van der Waals surface area contributed by atoms with E-state index in [2.05, 4.69) is 0 Å². The lowest BCUT2D eigenvalue weighted by Crippen LogP contribution is -2.41. The maximum atomic E-state index is 13.0. The summed E-state index contributed by atoms with van der Waals surface area (Å²) in [5.74, 6) is -0.699. The van der Waals surface area contributed by atoms with Crippen molar-refractivity contribution in [3.63, 3.8) is 0 Å². The second kappa shape index (κ2) is 7.57. The highest BCUT2D eigenvalue weighted by Crippen LogP contribution is 2.30. The SMILES string of the molecule is CN(C(=O)C(C)(C)c1cccc(Cl)c1)c1ccc(OCC(=O)O)cc1. The van der Waals surface area contributed by atoms with Crippen molar-refractivity contribution in [2.75, 3.05) is 18.6 Å². The van der Waals surface area contributed by atoms with Crippen LogP contribution < -0.4 is 9.64 Å². The molecule has 0 bridgehead atoms. The molecule has 0 aromatic heterocycles. The third-order valence-corrected chi connectivity index (χ3v) is 4.21. The molecule has 0 heterocycles. The summed E-state index contributed by atoms with van der Waals surface area (Å²) >= 11 is 6.04. The molecule has 0 saturated heterocycles. The highest BCUT2D eigenvalue weighted by Gasteiger charge is 2.33. The summed E-state index contributed by atoms with van der Waals surface area (Å²) in [6.07, 6.45) is 0. The fraction of sp³-hybridized carbons (Fsp3) is 0.263. The first kappa shape index (κ1) is 18.8. The molecule has 0 radical (unpaired) electrons. The molecule has 6 heteroatoms. The summed E-state index contributed by atoms with van der Waals surface area (Å²) in [6, 6.07) is 13.9. The average molecular weight is 362 g/mol. The van der Waals surface area contributed by atoms with E-state index < -0.39 is 18.0 Å². The number of halogens is 1. The number of hydrogen-bond donors (Lipinski definition) is 1. The van der Waals surface area contributed by atoms with E-state index in [1.807, 2.05) is 26.0 Å². The molecule has 5 nitrogen and oxygen atoms in total. The van der Waals surface area contributed by atoms with E-state index in [1.165, 1.54) is 0 Å². The number of carboxylic acids is 1. The van der Waals surface area contributed by atoms with Crippen LogP contribution in [0.15, 0.2) is 48.5 Å². The lowest BCUT2D eigenvalue weighted by Gasteiger charge is -2.30. The first-order valence-electron chi connectivity index (χ1n) is 7.70. The van der Waals surface area contributed by atoms with Crippen molar-refractivity contribution in [3.05, 3.63) is 59.1 Å². The molecule has 0 atom stereocenters. The Morgan fingerprint density at radius 2 is 1.80 bits per heavy atom. The summed E-state index contributed by atoms with van der Waals surface area (Å²) < 4.78 is 5.09. The number of carbonyl (C=O) groups is 2. The van der Waals surface area contributed by atoms with E-state index in [1.54, 1.807) is 48.3 Å². The van der Waals surface area contributed by atoms with Crippen molar-refractivity contribution in [1.29, 1.82) is 0 Å². The fourth-order valence-corrected chi connectivity index (χ4v) is 2.64. The summed E-state index contributed by atoms with van der Waals surface area (Å²) in [6.45, 7) is 3.29. The van der Waals surface area contributed by atoms with Crippen LogP contribution in [-0.4, -0.2) is 30.6 Å². The minimum atomic E-state index is -1.04. The lowest BCUT2D eigenvalue weighted by molar-refractivity contribution is -0.139. The molecular weight excluding hydrogens is 342 g/mol. The molecule has 25 heavy (non-hydrogen) atoms. The van der Waals surface area contributed by atoms with Crippen molar-refractivity contribution >= 4 is 29.2 Å². The van der Waals surface area contributed by atoms with Crippen molar-refractivity contribution in [1.82, 2.24) is 0 Å². The van der Waals surface area contributed by atoms with E-state index in [-0.39, 0.29) is 5.91 Å². The molecule has 2 rings (SSSR count). The van der Waals surface area contributed by atoms with E-state index in [0.717, 1.165) is 5.56 Å². The van der Waals surface area contributed by atoms with Crippen molar-refractivity contribution in [2.24, 2.45) is 0 Å².